The first kappa shape index (κ1) is 17.8. The lowest BCUT2D eigenvalue weighted by Gasteiger charge is -2.27. The van der Waals surface area contributed by atoms with Crippen LogP contribution < -0.4 is 10.2 Å². The number of nitrogens with one attached hydrogen (secondary N) is 1. The Morgan fingerprint density at radius 3 is 2.67 bits per heavy atom. The molecule has 27 heavy (non-hydrogen) atoms. The van der Waals surface area contributed by atoms with Crippen molar-refractivity contribution in [3.05, 3.63) is 47.7 Å². The Morgan fingerprint density at radius 1 is 1.15 bits per heavy atom. The molecular weight excluding hydrogens is 364 g/mol. The highest BCUT2D eigenvalue weighted by Gasteiger charge is 2.25. The SMILES string of the molecule is Cc1cc(N2CCCC2)ccc1NC(=O)C1=CN2CCS(=O)(=O)N=C2C=C1. The number of fused-ring (bicyclic) bond motifs is 1. The van der Waals surface area contributed by atoms with Gasteiger partial charge in [-0.1, -0.05) is 0 Å². The van der Waals surface area contributed by atoms with Crippen molar-refractivity contribution in [3.8, 4) is 0 Å². The number of benzene rings is 1. The lowest BCUT2D eigenvalue weighted by atomic mass is 10.1. The van der Waals surface area contributed by atoms with Gasteiger partial charge in [-0.3, -0.25) is 4.79 Å². The number of sulfonamides is 1. The van der Waals surface area contributed by atoms with Crippen molar-refractivity contribution in [3.63, 3.8) is 0 Å². The Morgan fingerprint density at radius 2 is 1.93 bits per heavy atom. The minimum absolute atomic E-state index is 0.0488. The zero-order valence-corrected chi connectivity index (χ0v) is 16.0. The predicted octanol–water partition coefficient (Wildman–Crippen LogP) is 2.03. The number of anilines is 2. The van der Waals surface area contributed by atoms with E-state index in [1.165, 1.54) is 18.5 Å². The van der Waals surface area contributed by atoms with E-state index in [4.69, 9.17) is 0 Å². The second-order valence-electron chi connectivity index (χ2n) is 6.99. The molecule has 8 heteroatoms. The van der Waals surface area contributed by atoms with Gasteiger partial charge < -0.3 is 15.1 Å². The summed E-state index contributed by atoms with van der Waals surface area (Å²) >= 11 is 0. The summed E-state index contributed by atoms with van der Waals surface area (Å²) in [7, 11) is -3.40. The molecule has 0 saturated carbocycles. The van der Waals surface area contributed by atoms with Crippen LogP contribution in [-0.2, 0) is 14.8 Å². The Bertz CT molecular complexity index is 973. The molecular formula is C19H22N4O3S. The van der Waals surface area contributed by atoms with Crippen molar-refractivity contribution in [1.82, 2.24) is 4.90 Å². The molecule has 3 aliphatic heterocycles. The molecule has 3 aliphatic rings. The Balaban J connectivity index is 1.48. The Labute approximate surface area is 159 Å². The van der Waals surface area contributed by atoms with E-state index >= 15 is 0 Å². The zero-order valence-electron chi connectivity index (χ0n) is 15.2. The van der Waals surface area contributed by atoms with Crippen molar-refractivity contribution in [2.45, 2.75) is 19.8 Å². The van der Waals surface area contributed by atoms with Crippen molar-refractivity contribution in [2.24, 2.45) is 4.40 Å². The number of nitrogens with zero attached hydrogens (tertiary/aromatic N) is 3. The Hall–Kier alpha value is -2.61. The third-order valence-corrected chi connectivity index (χ3v) is 6.18. The van der Waals surface area contributed by atoms with Crippen LogP contribution in [0, 0.1) is 6.92 Å². The summed E-state index contributed by atoms with van der Waals surface area (Å²) < 4.78 is 26.9. The summed E-state index contributed by atoms with van der Waals surface area (Å²) in [5, 5.41) is 2.95. The lowest BCUT2D eigenvalue weighted by Crippen LogP contribution is -2.37. The van der Waals surface area contributed by atoms with Crippen LogP contribution in [-0.4, -0.2) is 50.4 Å². The molecule has 0 bridgehead atoms. The van der Waals surface area contributed by atoms with Gasteiger partial charge in [-0.05, 0) is 55.7 Å². The van der Waals surface area contributed by atoms with Gasteiger partial charge in [0.05, 0.1) is 11.3 Å². The van der Waals surface area contributed by atoms with Crippen LogP contribution in [0.5, 0.6) is 0 Å². The monoisotopic (exact) mass is 386 g/mol. The van der Waals surface area contributed by atoms with Gasteiger partial charge >= 0.3 is 0 Å². The Kier molecular flexibility index (Phi) is 4.51. The molecule has 142 valence electrons. The number of carbonyl (C=O) groups excluding carboxylic acids is 1. The predicted molar refractivity (Wildman–Crippen MR) is 106 cm³/mol. The van der Waals surface area contributed by atoms with Crippen LogP contribution in [0.3, 0.4) is 0 Å². The minimum atomic E-state index is -3.40. The first-order valence-corrected chi connectivity index (χ1v) is 10.7. The molecule has 7 nitrogen and oxygen atoms in total. The number of rotatable bonds is 3. The number of carbonyl (C=O) groups is 1. The van der Waals surface area contributed by atoms with Crippen LogP contribution >= 0.6 is 0 Å². The fourth-order valence-corrected chi connectivity index (χ4v) is 4.46. The quantitative estimate of drug-likeness (QED) is 0.860. The number of hydrogen-bond donors (Lipinski definition) is 1. The van der Waals surface area contributed by atoms with E-state index in [-0.39, 0.29) is 11.7 Å². The van der Waals surface area contributed by atoms with E-state index in [1.54, 1.807) is 23.3 Å². The number of amides is 1. The molecule has 0 atom stereocenters. The molecule has 4 rings (SSSR count). The molecule has 0 spiro atoms. The average Bonchev–Trinajstić information content (AvgIpc) is 3.17. The highest BCUT2D eigenvalue weighted by atomic mass is 32.2. The van der Waals surface area contributed by atoms with Gasteiger partial charge in [0.25, 0.3) is 15.9 Å². The average molecular weight is 386 g/mol. The van der Waals surface area contributed by atoms with E-state index in [0.29, 0.717) is 18.0 Å². The summed E-state index contributed by atoms with van der Waals surface area (Å²) in [6.45, 7) is 4.45. The third-order valence-electron chi connectivity index (χ3n) is 5.02. The van der Waals surface area contributed by atoms with Gasteiger partial charge in [-0.25, -0.2) is 8.42 Å². The zero-order chi connectivity index (χ0) is 19.0. The summed E-state index contributed by atoms with van der Waals surface area (Å²) in [4.78, 5) is 16.7. The second-order valence-corrected chi connectivity index (χ2v) is 8.75. The molecule has 1 N–H and O–H groups in total. The molecule has 1 aromatic rings. The summed E-state index contributed by atoms with van der Waals surface area (Å²) in [6, 6.07) is 6.08. The van der Waals surface area contributed by atoms with E-state index in [1.807, 2.05) is 19.1 Å². The first-order chi connectivity index (χ1) is 12.9. The molecule has 1 aromatic carbocycles. The maximum atomic E-state index is 12.6. The smallest absolute Gasteiger partial charge is 0.257 e. The van der Waals surface area contributed by atoms with Gasteiger partial charge in [0.2, 0.25) is 0 Å². The van der Waals surface area contributed by atoms with Crippen LogP contribution in [0.2, 0.25) is 0 Å². The van der Waals surface area contributed by atoms with Crippen LogP contribution in [0.25, 0.3) is 0 Å². The maximum absolute atomic E-state index is 12.6. The van der Waals surface area contributed by atoms with Gasteiger partial charge in [0.1, 0.15) is 5.84 Å². The molecule has 0 aromatic heterocycles. The maximum Gasteiger partial charge on any atom is 0.257 e. The number of hydrogen-bond acceptors (Lipinski definition) is 5. The molecule has 0 aliphatic carbocycles. The molecule has 3 heterocycles. The van der Waals surface area contributed by atoms with E-state index < -0.39 is 10.0 Å². The number of aryl methyl sites for hydroxylation is 1. The van der Waals surface area contributed by atoms with E-state index in [0.717, 1.165) is 24.3 Å². The van der Waals surface area contributed by atoms with Crippen molar-refractivity contribution in [2.75, 3.05) is 35.6 Å². The molecule has 0 unspecified atom stereocenters. The van der Waals surface area contributed by atoms with Crippen molar-refractivity contribution < 1.29 is 13.2 Å². The highest BCUT2D eigenvalue weighted by Crippen LogP contribution is 2.26. The summed E-state index contributed by atoms with van der Waals surface area (Å²) in [5.74, 6) is 0.0759. The minimum Gasteiger partial charge on any atom is -0.372 e. The third kappa shape index (κ3) is 3.75. The van der Waals surface area contributed by atoms with Gasteiger partial charge in [-0.2, -0.15) is 0 Å². The standard InChI is InChI=1S/C19H22N4O3S/c1-14-12-16(22-8-2-3-9-22)5-6-17(14)20-19(24)15-4-7-18-21-27(25,26)11-10-23(18)13-15/h4-7,12-13H,2-3,8-11H2,1H3,(H,20,24). The van der Waals surface area contributed by atoms with E-state index in [2.05, 4.69) is 20.7 Å². The molecule has 1 saturated heterocycles. The van der Waals surface area contributed by atoms with Crippen LogP contribution in [0.1, 0.15) is 18.4 Å². The summed E-state index contributed by atoms with van der Waals surface area (Å²) in [6.07, 6.45) is 7.26. The molecule has 1 fully saturated rings. The van der Waals surface area contributed by atoms with Gasteiger partial charge in [0, 0.05) is 37.2 Å². The van der Waals surface area contributed by atoms with Gasteiger partial charge in [0.15, 0.2) is 0 Å². The van der Waals surface area contributed by atoms with E-state index in [9.17, 15) is 13.2 Å². The normalized spacial score (nSPS) is 20.8. The second kappa shape index (κ2) is 6.84. The highest BCUT2D eigenvalue weighted by molar-refractivity contribution is 7.90. The van der Waals surface area contributed by atoms with Crippen molar-refractivity contribution >= 4 is 33.1 Å². The first-order valence-electron chi connectivity index (χ1n) is 9.07. The largest absolute Gasteiger partial charge is 0.372 e. The number of amidine groups is 1. The lowest BCUT2D eigenvalue weighted by molar-refractivity contribution is -0.112. The fraction of sp³-hybridized carbons (Fsp3) is 0.368. The fourth-order valence-electron chi connectivity index (χ4n) is 3.49. The van der Waals surface area contributed by atoms with Crippen molar-refractivity contribution in [1.29, 1.82) is 0 Å². The van der Waals surface area contributed by atoms with Crippen LogP contribution in [0.15, 0.2) is 46.5 Å². The molecule has 1 amide bonds. The molecule has 0 radical (unpaired) electrons. The summed E-state index contributed by atoms with van der Waals surface area (Å²) in [5.41, 5.74) is 3.45. The topological polar surface area (TPSA) is 82.1 Å². The van der Waals surface area contributed by atoms with Gasteiger partial charge in [-0.15, -0.1) is 4.40 Å². The van der Waals surface area contributed by atoms with Crippen LogP contribution in [0.4, 0.5) is 11.4 Å².